The van der Waals surface area contributed by atoms with Crippen LogP contribution >= 0.6 is 11.6 Å². The van der Waals surface area contributed by atoms with Crippen LogP contribution in [0.15, 0.2) is 12.4 Å². The van der Waals surface area contributed by atoms with Gasteiger partial charge >= 0.3 is 0 Å². The molecule has 0 radical (unpaired) electrons. The number of nitrogens with zero attached hydrogens (tertiary/aromatic N) is 2. The van der Waals surface area contributed by atoms with Gasteiger partial charge in [0.1, 0.15) is 0 Å². The van der Waals surface area contributed by atoms with Crippen molar-refractivity contribution in [1.82, 2.24) is 9.78 Å². The van der Waals surface area contributed by atoms with Crippen LogP contribution < -0.4 is 0 Å². The lowest BCUT2D eigenvalue weighted by Crippen LogP contribution is -2.21. The SMILES string of the molecule is CC(C)(C)n1cc(CCl)cn1. The molecule has 0 spiro atoms. The highest BCUT2D eigenvalue weighted by atomic mass is 35.5. The van der Waals surface area contributed by atoms with Gasteiger partial charge in [-0.25, -0.2) is 0 Å². The second kappa shape index (κ2) is 2.86. The monoisotopic (exact) mass is 172 g/mol. The molecule has 0 aliphatic rings. The molecule has 0 unspecified atom stereocenters. The third-order valence-electron chi connectivity index (χ3n) is 1.48. The lowest BCUT2D eigenvalue weighted by Gasteiger charge is -2.18. The lowest BCUT2D eigenvalue weighted by atomic mass is 10.1. The summed E-state index contributed by atoms with van der Waals surface area (Å²) in [6.07, 6.45) is 3.78. The van der Waals surface area contributed by atoms with Gasteiger partial charge in [0.25, 0.3) is 0 Å². The third-order valence-corrected chi connectivity index (χ3v) is 1.79. The first-order valence-corrected chi connectivity index (χ1v) is 4.17. The van der Waals surface area contributed by atoms with E-state index in [1.165, 1.54) is 0 Å². The lowest BCUT2D eigenvalue weighted by molar-refractivity contribution is 0.355. The van der Waals surface area contributed by atoms with E-state index in [9.17, 15) is 0 Å². The second-order valence-corrected chi connectivity index (χ2v) is 3.86. The minimum absolute atomic E-state index is 0.0598. The zero-order valence-electron chi connectivity index (χ0n) is 7.13. The van der Waals surface area contributed by atoms with E-state index in [1.54, 1.807) is 6.20 Å². The Morgan fingerprint density at radius 1 is 1.55 bits per heavy atom. The van der Waals surface area contributed by atoms with Crippen molar-refractivity contribution in [2.75, 3.05) is 0 Å². The van der Waals surface area contributed by atoms with Crippen LogP contribution in [0.25, 0.3) is 0 Å². The summed E-state index contributed by atoms with van der Waals surface area (Å²) in [5, 5.41) is 4.19. The number of rotatable bonds is 1. The average Bonchev–Trinajstić information content (AvgIpc) is 2.32. The summed E-state index contributed by atoms with van der Waals surface area (Å²) in [6.45, 7) is 6.33. The summed E-state index contributed by atoms with van der Waals surface area (Å²) >= 11 is 5.64. The maximum atomic E-state index is 5.64. The summed E-state index contributed by atoms with van der Waals surface area (Å²) in [6, 6.07) is 0. The van der Waals surface area contributed by atoms with Crippen LogP contribution in [0.5, 0.6) is 0 Å². The molecule has 3 heteroatoms. The second-order valence-electron chi connectivity index (χ2n) is 3.60. The molecule has 0 saturated carbocycles. The van der Waals surface area contributed by atoms with Gasteiger partial charge < -0.3 is 0 Å². The average molecular weight is 173 g/mol. The van der Waals surface area contributed by atoms with Gasteiger partial charge in [0.05, 0.1) is 17.6 Å². The fourth-order valence-electron chi connectivity index (χ4n) is 0.796. The van der Waals surface area contributed by atoms with Crippen LogP contribution in [0, 0.1) is 0 Å². The minimum atomic E-state index is 0.0598. The van der Waals surface area contributed by atoms with Crippen molar-refractivity contribution in [1.29, 1.82) is 0 Å². The van der Waals surface area contributed by atoms with Gasteiger partial charge in [-0.3, -0.25) is 4.68 Å². The number of alkyl halides is 1. The highest BCUT2D eigenvalue weighted by Crippen LogP contribution is 2.13. The van der Waals surface area contributed by atoms with Gasteiger partial charge in [-0.05, 0) is 20.8 Å². The van der Waals surface area contributed by atoms with Crippen LogP contribution in [-0.2, 0) is 11.4 Å². The Morgan fingerprint density at radius 2 is 2.18 bits per heavy atom. The van der Waals surface area contributed by atoms with Crippen LogP contribution in [0.2, 0.25) is 0 Å². The molecule has 1 rings (SSSR count). The Bertz CT molecular complexity index is 234. The fourth-order valence-corrected chi connectivity index (χ4v) is 0.934. The molecule has 0 bridgehead atoms. The normalized spacial score (nSPS) is 12.0. The number of hydrogen-bond donors (Lipinski definition) is 0. The van der Waals surface area contributed by atoms with E-state index in [0.717, 1.165) is 5.56 Å². The summed E-state index contributed by atoms with van der Waals surface area (Å²) in [5.74, 6) is 0.538. The van der Waals surface area contributed by atoms with Crippen LogP contribution in [-0.4, -0.2) is 9.78 Å². The van der Waals surface area contributed by atoms with Gasteiger partial charge in [0.15, 0.2) is 0 Å². The van der Waals surface area contributed by atoms with Gasteiger partial charge in [0.2, 0.25) is 0 Å². The van der Waals surface area contributed by atoms with Crippen LogP contribution in [0.1, 0.15) is 26.3 Å². The maximum Gasteiger partial charge on any atom is 0.0543 e. The predicted molar refractivity (Wildman–Crippen MR) is 46.8 cm³/mol. The summed E-state index contributed by atoms with van der Waals surface area (Å²) in [5.41, 5.74) is 1.13. The van der Waals surface area contributed by atoms with E-state index in [2.05, 4.69) is 25.9 Å². The number of hydrogen-bond acceptors (Lipinski definition) is 1. The van der Waals surface area contributed by atoms with E-state index >= 15 is 0 Å². The molecule has 0 aliphatic carbocycles. The van der Waals surface area contributed by atoms with Crippen LogP contribution in [0.3, 0.4) is 0 Å². The number of halogens is 1. The highest BCUT2D eigenvalue weighted by Gasteiger charge is 2.13. The zero-order chi connectivity index (χ0) is 8.48. The van der Waals surface area contributed by atoms with Crippen molar-refractivity contribution >= 4 is 11.6 Å². The summed E-state index contributed by atoms with van der Waals surface area (Å²) in [4.78, 5) is 0. The quantitative estimate of drug-likeness (QED) is 0.595. The van der Waals surface area contributed by atoms with E-state index in [0.29, 0.717) is 5.88 Å². The van der Waals surface area contributed by atoms with Gasteiger partial charge in [-0.2, -0.15) is 5.10 Å². The third kappa shape index (κ3) is 1.96. The molecule has 2 nitrogen and oxygen atoms in total. The van der Waals surface area contributed by atoms with E-state index in [1.807, 2.05) is 10.9 Å². The van der Waals surface area contributed by atoms with Crippen molar-refractivity contribution < 1.29 is 0 Å². The first kappa shape index (κ1) is 8.60. The molecule has 0 amide bonds. The van der Waals surface area contributed by atoms with Gasteiger partial charge in [-0.1, -0.05) is 0 Å². The predicted octanol–water partition coefficient (Wildman–Crippen LogP) is 2.38. The number of aromatic nitrogens is 2. The highest BCUT2D eigenvalue weighted by molar-refractivity contribution is 6.17. The standard InChI is InChI=1S/C8H13ClN2/c1-8(2,3)11-6-7(4-9)5-10-11/h5-6H,4H2,1-3H3. The molecule has 0 atom stereocenters. The smallest absolute Gasteiger partial charge is 0.0543 e. The molecule has 0 saturated heterocycles. The Morgan fingerprint density at radius 3 is 2.45 bits per heavy atom. The van der Waals surface area contributed by atoms with E-state index < -0.39 is 0 Å². The minimum Gasteiger partial charge on any atom is -0.267 e. The fraction of sp³-hybridized carbons (Fsp3) is 0.625. The molecular formula is C8H13ClN2. The van der Waals surface area contributed by atoms with Gasteiger partial charge in [0, 0.05) is 11.8 Å². The molecule has 1 heterocycles. The first-order valence-electron chi connectivity index (χ1n) is 3.64. The molecular weight excluding hydrogens is 160 g/mol. The maximum absolute atomic E-state index is 5.64. The molecule has 0 fully saturated rings. The summed E-state index contributed by atoms with van der Waals surface area (Å²) < 4.78 is 1.92. The molecule has 11 heavy (non-hydrogen) atoms. The zero-order valence-corrected chi connectivity index (χ0v) is 7.89. The Balaban J connectivity index is 2.89. The first-order chi connectivity index (χ1) is 5.04. The van der Waals surface area contributed by atoms with Crippen LogP contribution in [0.4, 0.5) is 0 Å². The molecule has 0 aliphatic heterocycles. The van der Waals surface area contributed by atoms with Crippen molar-refractivity contribution in [2.45, 2.75) is 32.2 Å². The summed E-state index contributed by atoms with van der Waals surface area (Å²) in [7, 11) is 0. The van der Waals surface area contributed by atoms with E-state index in [-0.39, 0.29) is 5.54 Å². The Labute approximate surface area is 72.2 Å². The molecule has 62 valence electrons. The Hall–Kier alpha value is -0.500. The Kier molecular flexibility index (Phi) is 2.23. The molecule has 0 N–H and O–H groups in total. The van der Waals surface area contributed by atoms with Crippen molar-refractivity contribution in [3.63, 3.8) is 0 Å². The molecule has 1 aromatic rings. The van der Waals surface area contributed by atoms with Crippen molar-refractivity contribution in [2.24, 2.45) is 0 Å². The van der Waals surface area contributed by atoms with Gasteiger partial charge in [-0.15, -0.1) is 11.6 Å². The largest absolute Gasteiger partial charge is 0.267 e. The molecule has 0 aromatic carbocycles. The molecule has 1 aromatic heterocycles. The van der Waals surface area contributed by atoms with E-state index in [4.69, 9.17) is 11.6 Å². The van der Waals surface area contributed by atoms with Crippen molar-refractivity contribution in [3.05, 3.63) is 18.0 Å². The topological polar surface area (TPSA) is 17.8 Å². The van der Waals surface area contributed by atoms with Crippen molar-refractivity contribution in [3.8, 4) is 0 Å².